The van der Waals surface area contributed by atoms with Crippen molar-refractivity contribution < 1.29 is 4.79 Å². The second-order valence-electron chi connectivity index (χ2n) is 7.54. The second kappa shape index (κ2) is 7.61. The number of nitrogens with one attached hydrogen (secondary N) is 2. The van der Waals surface area contributed by atoms with Crippen LogP contribution in [-0.4, -0.2) is 19.0 Å². The Morgan fingerprint density at radius 2 is 1.54 bits per heavy atom. The van der Waals surface area contributed by atoms with Gasteiger partial charge in [0.2, 0.25) is 0 Å². The van der Waals surface area contributed by atoms with Crippen LogP contribution in [0.25, 0.3) is 10.8 Å². The molecular weight excluding hydrogens is 320 g/mol. The number of rotatable bonds is 5. The topological polar surface area (TPSA) is 41.1 Å². The molecule has 3 heteroatoms. The summed E-state index contributed by atoms with van der Waals surface area (Å²) in [6.07, 6.45) is 0. The van der Waals surface area contributed by atoms with Crippen LogP contribution < -0.4 is 10.6 Å². The summed E-state index contributed by atoms with van der Waals surface area (Å²) in [5.41, 5.74) is 3.11. The molecule has 3 rings (SSSR count). The molecule has 0 fully saturated rings. The summed E-state index contributed by atoms with van der Waals surface area (Å²) in [4.78, 5) is 12.3. The number of benzene rings is 3. The molecule has 26 heavy (non-hydrogen) atoms. The molecule has 0 atom stereocenters. The van der Waals surface area contributed by atoms with Crippen LogP contribution in [0, 0.1) is 0 Å². The van der Waals surface area contributed by atoms with Gasteiger partial charge in [0.15, 0.2) is 0 Å². The van der Waals surface area contributed by atoms with Crippen LogP contribution in [0.4, 0.5) is 5.69 Å². The molecule has 2 N–H and O–H groups in total. The average Bonchev–Trinajstić information content (AvgIpc) is 2.64. The minimum absolute atomic E-state index is 0.0369. The zero-order chi connectivity index (χ0) is 18.6. The lowest BCUT2D eigenvalue weighted by molar-refractivity contribution is 0.0955. The standard InChI is InChI=1S/C23H26N2O/c1-23(2,3)19-13-11-18(12-14-19)22(26)25-16-15-24-21-10-6-8-17-7-4-5-9-20(17)21/h4-14,24H,15-16H2,1-3H3,(H,25,26). The third-order valence-corrected chi connectivity index (χ3v) is 4.53. The first kappa shape index (κ1) is 18.0. The van der Waals surface area contributed by atoms with Crippen molar-refractivity contribution in [2.45, 2.75) is 26.2 Å². The summed E-state index contributed by atoms with van der Waals surface area (Å²) < 4.78 is 0. The van der Waals surface area contributed by atoms with Gasteiger partial charge in [-0.05, 0) is 34.6 Å². The van der Waals surface area contributed by atoms with Crippen molar-refractivity contribution in [3.05, 3.63) is 77.9 Å². The van der Waals surface area contributed by atoms with Gasteiger partial charge in [-0.15, -0.1) is 0 Å². The van der Waals surface area contributed by atoms with Gasteiger partial charge in [-0.1, -0.05) is 69.3 Å². The predicted octanol–water partition coefficient (Wildman–Crippen LogP) is 4.98. The summed E-state index contributed by atoms with van der Waals surface area (Å²) in [6.45, 7) is 7.76. The van der Waals surface area contributed by atoms with Crippen LogP contribution in [0.15, 0.2) is 66.7 Å². The fourth-order valence-corrected chi connectivity index (χ4v) is 2.98. The predicted molar refractivity (Wildman–Crippen MR) is 110 cm³/mol. The molecule has 0 spiro atoms. The second-order valence-corrected chi connectivity index (χ2v) is 7.54. The molecule has 0 aliphatic heterocycles. The zero-order valence-corrected chi connectivity index (χ0v) is 15.7. The summed E-state index contributed by atoms with van der Waals surface area (Å²) in [7, 11) is 0. The Kier molecular flexibility index (Phi) is 5.27. The molecule has 0 radical (unpaired) electrons. The molecule has 3 aromatic carbocycles. The van der Waals surface area contributed by atoms with Crippen molar-refractivity contribution in [3.63, 3.8) is 0 Å². The highest BCUT2D eigenvalue weighted by molar-refractivity contribution is 5.95. The van der Waals surface area contributed by atoms with E-state index in [1.807, 2.05) is 42.5 Å². The van der Waals surface area contributed by atoms with Gasteiger partial charge in [0.25, 0.3) is 5.91 Å². The van der Waals surface area contributed by atoms with Gasteiger partial charge in [0.05, 0.1) is 0 Å². The Bertz CT molecular complexity index is 887. The Morgan fingerprint density at radius 1 is 0.846 bits per heavy atom. The van der Waals surface area contributed by atoms with E-state index >= 15 is 0 Å². The van der Waals surface area contributed by atoms with Crippen LogP contribution in [0.5, 0.6) is 0 Å². The molecule has 0 aliphatic rings. The molecule has 0 saturated carbocycles. The van der Waals surface area contributed by atoms with Gasteiger partial charge >= 0.3 is 0 Å². The first-order chi connectivity index (χ1) is 12.4. The fourth-order valence-electron chi connectivity index (χ4n) is 2.98. The Hall–Kier alpha value is -2.81. The molecule has 1 amide bonds. The molecule has 0 saturated heterocycles. The van der Waals surface area contributed by atoms with Gasteiger partial charge < -0.3 is 10.6 Å². The van der Waals surface area contributed by atoms with E-state index in [0.717, 1.165) is 5.69 Å². The van der Waals surface area contributed by atoms with Gasteiger partial charge in [-0.2, -0.15) is 0 Å². The van der Waals surface area contributed by atoms with Crippen LogP contribution >= 0.6 is 0 Å². The van der Waals surface area contributed by atoms with Gasteiger partial charge in [-0.3, -0.25) is 4.79 Å². The van der Waals surface area contributed by atoms with E-state index < -0.39 is 0 Å². The van der Waals surface area contributed by atoms with Gasteiger partial charge in [0.1, 0.15) is 0 Å². The van der Waals surface area contributed by atoms with Crippen molar-refractivity contribution in [2.24, 2.45) is 0 Å². The SMILES string of the molecule is CC(C)(C)c1ccc(C(=O)NCCNc2cccc3ccccc23)cc1. The molecule has 0 aliphatic carbocycles. The average molecular weight is 346 g/mol. The van der Waals surface area contributed by atoms with E-state index in [2.05, 4.69) is 55.7 Å². The summed E-state index contributed by atoms with van der Waals surface area (Å²) in [5.74, 6) is -0.0369. The molecule has 0 aromatic heterocycles. The highest BCUT2D eigenvalue weighted by Crippen LogP contribution is 2.23. The number of fused-ring (bicyclic) bond motifs is 1. The van der Waals surface area contributed by atoms with E-state index in [1.54, 1.807) is 0 Å². The molecule has 0 heterocycles. The van der Waals surface area contributed by atoms with Crippen LogP contribution in [0.3, 0.4) is 0 Å². The van der Waals surface area contributed by atoms with Crippen LogP contribution in [0.1, 0.15) is 36.7 Å². The van der Waals surface area contributed by atoms with Crippen molar-refractivity contribution in [2.75, 3.05) is 18.4 Å². The fraction of sp³-hybridized carbons (Fsp3) is 0.261. The van der Waals surface area contributed by atoms with Gasteiger partial charge in [0, 0.05) is 29.7 Å². The minimum atomic E-state index is -0.0369. The maximum atomic E-state index is 12.3. The smallest absolute Gasteiger partial charge is 0.251 e. The highest BCUT2D eigenvalue weighted by atomic mass is 16.1. The molecule has 0 unspecified atom stereocenters. The Morgan fingerprint density at radius 3 is 2.27 bits per heavy atom. The van der Waals surface area contributed by atoms with E-state index in [4.69, 9.17) is 0 Å². The molecule has 3 nitrogen and oxygen atoms in total. The van der Waals surface area contributed by atoms with Crippen molar-refractivity contribution in [3.8, 4) is 0 Å². The normalized spacial score (nSPS) is 11.3. The van der Waals surface area contributed by atoms with Crippen molar-refractivity contribution >= 4 is 22.4 Å². The quantitative estimate of drug-likeness (QED) is 0.640. The maximum absolute atomic E-state index is 12.3. The largest absolute Gasteiger partial charge is 0.383 e. The van der Waals surface area contributed by atoms with E-state index in [0.29, 0.717) is 18.7 Å². The minimum Gasteiger partial charge on any atom is -0.383 e. The summed E-state index contributed by atoms with van der Waals surface area (Å²) in [6, 6.07) is 22.3. The monoisotopic (exact) mass is 346 g/mol. The lowest BCUT2D eigenvalue weighted by Crippen LogP contribution is -2.28. The number of hydrogen-bond acceptors (Lipinski definition) is 2. The number of carbonyl (C=O) groups excluding carboxylic acids is 1. The van der Waals surface area contributed by atoms with Crippen LogP contribution in [0.2, 0.25) is 0 Å². The Labute approximate surface area is 155 Å². The lowest BCUT2D eigenvalue weighted by Gasteiger charge is -2.19. The molecule has 3 aromatic rings. The first-order valence-electron chi connectivity index (χ1n) is 9.05. The number of hydrogen-bond donors (Lipinski definition) is 2. The first-order valence-corrected chi connectivity index (χ1v) is 9.05. The van der Waals surface area contributed by atoms with E-state index in [-0.39, 0.29) is 11.3 Å². The maximum Gasteiger partial charge on any atom is 0.251 e. The van der Waals surface area contributed by atoms with Crippen molar-refractivity contribution in [1.29, 1.82) is 0 Å². The van der Waals surface area contributed by atoms with Gasteiger partial charge in [-0.25, -0.2) is 0 Å². The molecular formula is C23H26N2O. The lowest BCUT2D eigenvalue weighted by atomic mass is 9.87. The number of carbonyl (C=O) groups is 1. The highest BCUT2D eigenvalue weighted by Gasteiger charge is 2.14. The third kappa shape index (κ3) is 4.23. The molecule has 0 bridgehead atoms. The molecule has 134 valence electrons. The zero-order valence-electron chi connectivity index (χ0n) is 15.7. The number of amides is 1. The third-order valence-electron chi connectivity index (χ3n) is 4.53. The number of anilines is 1. The summed E-state index contributed by atoms with van der Waals surface area (Å²) in [5, 5.41) is 8.79. The Balaban J connectivity index is 1.54. The van der Waals surface area contributed by atoms with Crippen molar-refractivity contribution in [1.82, 2.24) is 5.32 Å². The van der Waals surface area contributed by atoms with E-state index in [1.165, 1.54) is 16.3 Å². The van der Waals surface area contributed by atoms with E-state index in [9.17, 15) is 4.79 Å². The summed E-state index contributed by atoms with van der Waals surface area (Å²) >= 11 is 0. The van der Waals surface area contributed by atoms with Crippen LogP contribution in [-0.2, 0) is 5.41 Å².